The zero-order valence-corrected chi connectivity index (χ0v) is 15.1. The number of anilines is 2. The van der Waals surface area contributed by atoms with Gasteiger partial charge in [0.05, 0.1) is 30.3 Å². The van der Waals surface area contributed by atoms with E-state index in [1.54, 1.807) is 31.2 Å². The quantitative estimate of drug-likeness (QED) is 0.773. The maximum atomic E-state index is 12.2. The molecule has 0 aliphatic heterocycles. The summed E-state index contributed by atoms with van der Waals surface area (Å²) in [6.07, 6.45) is 0. The Morgan fingerprint density at radius 3 is 2.52 bits per heavy atom. The van der Waals surface area contributed by atoms with Crippen molar-refractivity contribution in [3.63, 3.8) is 0 Å². The molecular weight excluding hydrogens is 338 g/mol. The fourth-order valence-electron chi connectivity index (χ4n) is 2.18. The summed E-state index contributed by atoms with van der Waals surface area (Å²) in [5, 5.41) is 15.0. The van der Waals surface area contributed by atoms with Gasteiger partial charge in [0.2, 0.25) is 5.91 Å². The van der Waals surface area contributed by atoms with Crippen LogP contribution >= 0.6 is 11.3 Å². The first kappa shape index (κ1) is 18.5. The third kappa shape index (κ3) is 4.58. The molecule has 1 aromatic carbocycles. The van der Waals surface area contributed by atoms with Gasteiger partial charge in [0.15, 0.2) is 0 Å². The Morgan fingerprint density at radius 2 is 1.92 bits per heavy atom. The highest BCUT2D eigenvalue weighted by Gasteiger charge is 2.21. The van der Waals surface area contributed by atoms with E-state index in [-0.39, 0.29) is 19.1 Å². The monoisotopic (exact) mass is 357 g/mol. The highest BCUT2D eigenvalue weighted by molar-refractivity contribution is 7.16. The fraction of sp³-hybridized carbons (Fsp3) is 0.278. The summed E-state index contributed by atoms with van der Waals surface area (Å²) in [5.41, 5.74) is 2.52. The Kier molecular flexibility index (Phi) is 6.14. The molecule has 25 heavy (non-hydrogen) atoms. The lowest BCUT2D eigenvalue weighted by atomic mass is 10.1. The van der Waals surface area contributed by atoms with E-state index in [0.717, 1.165) is 16.1 Å². The molecule has 0 aliphatic rings. The first-order valence-corrected chi connectivity index (χ1v) is 8.58. The van der Waals surface area contributed by atoms with Crippen LogP contribution in [0, 0.1) is 25.2 Å². The van der Waals surface area contributed by atoms with Crippen molar-refractivity contribution in [1.29, 1.82) is 5.26 Å². The number of rotatable bonds is 6. The summed E-state index contributed by atoms with van der Waals surface area (Å²) in [7, 11) is 0. The van der Waals surface area contributed by atoms with Crippen LogP contribution in [0.3, 0.4) is 0 Å². The number of nitrogens with one attached hydrogen (secondary N) is 2. The molecule has 0 radical (unpaired) electrons. The maximum Gasteiger partial charge on any atom is 0.341 e. The van der Waals surface area contributed by atoms with Crippen LogP contribution in [0.4, 0.5) is 10.7 Å². The van der Waals surface area contributed by atoms with Crippen LogP contribution in [-0.4, -0.2) is 25.0 Å². The van der Waals surface area contributed by atoms with E-state index in [4.69, 9.17) is 10.00 Å². The number of nitriles is 1. The van der Waals surface area contributed by atoms with Crippen molar-refractivity contribution in [2.75, 3.05) is 23.8 Å². The van der Waals surface area contributed by atoms with Crippen LogP contribution in [0.5, 0.6) is 0 Å². The van der Waals surface area contributed by atoms with Crippen molar-refractivity contribution in [2.24, 2.45) is 0 Å². The number of amides is 1. The van der Waals surface area contributed by atoms with Crippen LogP contribution in [0.15, 0.2) is 24.3 Å². The van der Waals surface area contributed by atoms with Crippen LogP contribution in [0.1, 0.15) is 33.3 Å². The molecule has 0 saturated carbocycles. The van der Waals surface area contributed by atoms with Gasteiger partial charge in [0, 0.05) is 10.6 Å². The second-order valence-electron chi connectivity index (χ2n) is 5.30. The first-order chi connectivity index (χ1) is 12.0. The van der Waals surface area contributed by atoms with E-state index in [1.807, 2.05) is 19.9 Å². The van der Waals surface area contributed by atoms with Crippen LogP contribution in [0.25, 0.3) is 0 Å². The van der Waals surface area contributed by atoms with Gasteiger partial charge in [-0.15, -0.1) is 11.3 Å². The summed E-state index contributed by atoms with van der Waals surface area (Å²) >= 11 is 1.35. The SMILES string of the molecule is CCOC(=O)c1c(NC(=O)CNc2ccc(C#N)cc2)sc(C)c1C. The van der Waals surface area contributed by atoms with Crippen LogP contribution < -0.4 is 10.6 Å². The standard InChI is InChI=1S/C18H19N3O3S/c1-4-24-18(23)16-11(2)12(3)25-17(16)21-15(22)10-20-14-7-5-13(9-19)6-8-14/h5-8,20H,4,10H2,1-3H3,(H,21,22). The number of esters is 1. The normalized spacial score (nSPS) is 10.0. The summed E-state index contributed by atoms with van der Waals surface area (Å²) < 4.78 is 5.07. The first-order valence-electron chi connectivity index (χ1n) is 7.77. The molecule has 2 rings (SSSR count). The van der Waals surface area contributed by atoms with Crippen molar-refractivity contribution in [3.8, 4) is 6.07 Å². The maximum absolute atomic E-state index is 12.2. The molecule has 2 aromatic rings. The number of hydrogen-bond acceptors (Lipinski definition) is 6. The number of carbonyl (C=O) groups excluding carboxylic acids is 2. The minimum atomic E-state index is -0.431. The lowest BCUT2D eigenvalue weighted by Crippen LogP contribution is -2.22. The van der Waals surface area contributed by atoms with Crippen LogP contribution in [0.2, 0.25) is 0 Å². The Bertz CT molecular complexity index is 819. The Balaban J connectivity index is 2.03. The number of aryl methyl sites for hydroxylation is 1. The van der Waals surface area contributed by atoms with Gasteiger partial charge in [-0.2, -0.15) is 5.26 Å². The van der Waals surface area contributed by atoms with Gasteiger partial charge in [-0.3, -0.25) is 4.79 Å². The molecule has 0 spiro atoms. The highest BCUT2D eigenvalue weighted by Crippen LogP contribution is 2.33. The van der Waals surface area contributed by atoms with Gasteiger partial charge in [0.1, 0.15) is 5.00 Å². The van der Waals surface area contributed by atoms with Crippen molar-refractivity contribution in [2.45, 2.75) is 20.8 Å². The molecule has 130 valence electrons. The molecule has 7 heteroatoms. The average molecular weight is 357 g/mol. The van der Waals surface area contributed by atoms with Gasteiger partial charge in [0.25, 0.3) is 0 Å². The third-order valence-corrected chi connectivity index (χ3v) is 4.71. The number of thiophene rings is 1. The van der Waals surface area contributed by atoms with Gasteiger partial charge in [-0.25, -0.2) is 4.79 Å². The zero-order valence-electron chi connectivity index (χ0n) is 14.3. The summed E-state index contributed by atoms with van der Waals surface area (Å²) in [6.45, 7) is 5.80. The molecule has 0 atom stereocenters. The van der Waals surface area contributed by atoms with Gasteiger partial charge >= 0.3 is 5.97 Å². The summed E-state index contributed by atoms with van der Waals surface area (Å²) in [4.78, 5) is 25.3. The lowest BCUT2D eigenvalue weighted by Gasteiger charge is -2.09. The van der Waals surface area contributed by atoms with Crippen molar-refractivity contribution in [1.82, 2.24) is 0 Å². The second kappa shape index (κ2) is 8.31. The average Bonchev–Trinajstić information content (AvgIpc) is 2.87. The van der Waals surface area contributed by atoms with Crippen LogP contribution in [-0.2, 0) is 9.53 Å². The summed E-state index contributed by atoms with van der Waals surface area (Å²) in [6, 6.07) is 8.84. The molecule has 0 unspecified atom stereocenters. The van der Waals surface area contributed by atoms with Crippen molar-refractivity contribution < 1.29 is 14.3 Å². The van der Waals surface area contributed by atoms with E-state index in [0.29, 0.717) is 16.1 Å². The Labute approximate surface area is 150 Å². The van der Waals surface area contributed by atoms with E-state index in [1.165, 1.54) is 11.3 Å². The largest absolute Gasteiger partial charge is 0.462 e. The highest BCUT2D eigenvalue weighted by atomic mass is 32.1. The molecule has 0 fully saturated rings. The fourth-order valence-corrected chi connectivity index (χ4v) is 3.24. The van der Waals surface area contributed by atoms with Gasteiger partial charge in [-0.05, 0) is 50.6 Å². The molecule has 1 heterocycles. The third-order valence-electron chi connectivity index (χ3n) is 3.58. The van der Waals surface area contributed by atoms with Crippen molar-refractivity contribution >= 4 is 33.9 Å². The van der Waals surface area contributed by atoms with E-state index < -0.39 is 5.97 Å². The number of nitrogens with zero attached hydrogens (tertiary/aromatic N) is 1. The number of ether oxygens (including phenoxy) is 1. The lowest BCUT2D eigenvalue weighted by molar-refractivity contribution is -0.114. The smallest absolute Gasteiger partial charge is 0.341 e. The Morgan fingerprint density at radius 1 is 1.24 bits per heavy atom. The zero-order chi connectivity index (χ0) is 18.4. The molecule has 0 saturated heterocycles. The molecule has 1 aromatic heterocycles. The molecule has 0 aliphatic carbocycles. The Hall–Kier alpha value is -2.85. The predicted molar refractivity (Wildman–Crippen MR) is 98.0 cm³/mol. The van der Waals surface area contributed by atoms with Gasteiger partial charge in [-0.1, -0.05) is 0 Å². The van der Waals surface area contributed by atoms with E-state index >= 15 is 0 Å². The topological polar surface area (TPSA) is 91.2 Å². The summed E-state index contributed by atoms with van der Waals surface area (Å²) in [5.74, 6) is -0.698. The predicted octanol–water partition coefficient (Wildman–Crippen LogP) is 3.46. The number of carbonyl (C=O) groups is 2. The molecule has 1 amide bonds. The van der Waals surface area contributed by atoms with E-state index in [2.05, 4.69) is 10.6 Å². The molecular formula is C18H19N3O3S. The molecule has 6 nitrogen and oxygen atoms in total. The number of benzene rings is 1. The minimum absolute atomic E-state index is 0.0458. The second-order valence-corrected chi connectivity index (χ2v) is 6.52. The minimum Gasteiger partial charge on any atom is -0.462 e. The molecule has 2 N–H and O–H groups in total. The van der Waals surface area contributed by atoms with Crippen molar-refractivity contribution in [3.05, 3.63) is 45.8 Å². The van der Waals surface area contributed by atoms with Gasteiger partial charge < -0.3 is 15.4 Å². The van der Waals surface area contributed by atoms with E-state index in [9.17, 15) is 9.59 Å². The number of hydrogen-bond donors (Lipinski definition) is 2. The molecule has 0 bridgehead atoms.